The van der Waals surface area contributed by atoms with Gasteiger partial charge in [0, 0.05) is 6.42 Å². The van der Waals surface area contributed by atoms with E-state index in [1.54, 1.807) is 0 Å². The summed E-state index contributed by atoms with van der Waals surface area (Å²) < 4.78 is 4.05. The Morgan fingerprint density at radius 2 is 1.04 bits per heavy atom. The van der Waals surface area contributed by atoms with Crippen LogP contribution in [0.15, 0.2) is 0 Å². The molecule has 140 valence electrons. The molecule has 1 N–H and O–H groups in total. The molecule has 0 bridgehead atoms. The van der Waals surface area contributed by atoms with Crippen LogP contribution in [0, 0.1) is 0 Å². The van der Waals surface area contributed by atoms with Gasteiger partial charge >= 0.3 is 35.2 Å². The Hall–Kier alpha value is -0.294. The van der Waals surface area contributed by atoms with Crippen molar-refractivity contribution >= 4 is 35.2 Å². The van der Waals surface area contributed by atoms with Gasteiger partial charge in [0.05, 0.1) is 0 Å². The molecule has 0 aromatic carbocycles. The maximum Gasteiger partial charge on any atom is 2.00 e. The summed E-state index contributed by atoms with van der Waals surface area (Å²) in [4.78, 5) is 21.1. The van der Waals surface area contributed by atoms with Gasteiger partial charge in [0.1, 0.15) is 0 Å². The van der Waals surface area contributed by atoms with Gasteiger partial charge in [0.15, 0.2) is 0 Å². The zero-order valence-corrected chi connectivity index (χ0v) is 17.1. The Morgan fingerprint density at radius 1 is 0.708 bits per heavy atom. The van der Waals surface area contributed by atoms with Gasteiger partial charge in [-0.05, 0) is 6.42 Å². The first kappa shape index (κ1) is 25.9. The van der Waals surface area contributed by atoms with Gasteiger partial charge in [-0.3, -0.25) is 4.79 Å². The molecule has 24 heavy (non-hydrogen) atoms. The summed E-state index contributed by atoms with van der Waals surface area (Å²) in [6.45, 7) is 2.26. The van der Waals surface area contributed by atoms with Crippen molar-refractivity contribution in [3.63, 3.8) is 0 Å². The van der Waals surface area contributed by atoms with Crippen LogP contribution in [0.25, 0.3) is 0 Å². The van der Waals surface area contributed by atoms with Crippen LogP contribution in [0.2, 0.25) is 0 Å². The second kappa shape index (κ2) is 20.8. The first-order valence-corrected chi connectivity index (χ1v) is 9.60. The van der Waals surface area contributed by atoms with E-state index in [2.05, 4.69) is 11.7 Å². The van der Waals surface area contributed by atoms with E-state index in [9.17, 15) is 9.59 Å². The Labute approximate surface area is 167 Å². The molecule has 0 radical (unpaired) electrons. The number of unbranched alkanes of at least 4 members (excludes halogenated alkanes) is 14. The fourth-order valence-corrected chi connectivity index (χ4v) is 2.79. The summed E-state index contributed by atoms with van der Waals surface area (Å²) in [5.41, 5.74) is 0. The minimum Gasteiger partial charge on any atom is -1.00 e. The third-order valence-corrected chi connectivity index (χ3v) is 4.19. The number of carboxylic acid groups (broad SMARTS) is 1. The molecule has 0 atom stereocenters. The van der Waals surface area contributed by atoms with E-state index in [0.717, 1.165) is 19.3 Å². The van der Waals surface area contributed by atoms with Crippen molar-refractivity contribution in [2.45, 2.75) is 110 Å². The molecule has 0 aromatic heterocycles. The van der Waals surface area contributed by atoms with Crippen LogP contribution in [0.1, 0.15) is 113 Å². The average molecular weight is 355 g/mol. The first-order valence-electron chi connectivity index (χ1n) is 9.60. The van der Waals surface area contributed by atoms with E-state index in [0.29, 0.717) is 0 Å². The molecule has 0 unspecified atom stereocenters. The second-order valence-corrected chi connectivity index (χ2v) is 6.44. The number of hydrogen-bond donors (Lipinski definition) is 1. The summed E-state index contributed by atoms with van der Waals surface area (Å²) in [6, 6.07) is 0. The van der Waals surface area contributed by atoms with Gasteiger partial charge in [-0.1, -0.05) is 96.8 Å². The Morgan fingerprint density at radius 3 is 1.38 bits per heavy atom. The van der Waals surface area contributed by atoms with Gasteiger partial charge in [-0.2, -0.15) is 0 Å². The Balaban J connectivity index is -0.000000807. The van der Waals surface area contributed by atoms with E-state index < -0.39 is 12.1 Å². The molecule has 0 fully saturated rings. The van der Waals surface area contributed by atoms with Crippen molar-refractivity contribution < 1.29 is 22.3 Å². The molecule has 0 rings (SSSR count). The van der Waals surface area contributed by atoms with E-state index in [1.807, 2.05) is 0 Å². The number of rotatable bonds is 16. The standard InChI is InChI=1S/C19H36O4.Mg.2H/c1-2-3-4-5-6-7-8-9-10-11-12-13-14-15-16-17-18(20)23-19(21)22;;;/h2-17H2,1H3,(H,21,22);;;/q;+2;2*-1. The number of esters is 1. The number of carbonyl (C=O) groups is 2. The van der Waals surface area contributed by atoms with Gasteiger partial charge in [0.25, 0.3) is 0 Å². The van der Waals surface area contributed by atoms with E-state index in [1.165, 1.54) is 77.0 Å². The summed E-state index contributed by atoms with van der Waals surface area (Å²) in [7, 11) is 0. The summed E-state index contributed by atoms with van der Waals surface area (Å²) in [5, 5.41) is 8.27. The molecule has 4 nitrogen and oxygen atoms in total. The number of hydrogen-bond acceptors (Lipinski definition) is 3. The molecule has 5 heteroatoms. The minimum absolute atomic E-state index is 0. The van der Waals surface area contributed by atoms with Gasteiger partial charge in [-0.15, -0.1) is 0 Å². The molecule has 0 spiro atoms. The summed E-state index contributed by atoms with van der Waals surface area (Å²) >= 11 is 0. The van der Waals surface area contributed by atoms with Crippen molar-refractivity contribution in [1.29, 1.82) is 0 Å². The summed E-state index contributed by atoms with van der Waals surface area (Å²) in [6.07, 6.45) is 17.8. The Bertz CT molecular complexity index is 305. The van der Waals surface area contributed by atoms with Crippen LogP contribution in [0.3, 0.4) is 0 Å². The molecule has 0 heterocycles. The molecule has 0 saturated carbocycles. The predicted molar refractivity (Wildman–Crippen MR) is 102 cm³/mol. The zero-order valence-electron chi connectivity index (χ0n) is 17.7. The second-order valence-electron chi connectivity index (χ2n) is 6.44. The number of ether oxygens (including phenoxy) is 1. The molecular formula is C19H38MgO4. The molecule has 0 aliphatic rings. The molecule has 0 amide bonds. The molecule has 0 saturated heterocycles. The van der Waals surface area contributed by atoms with Crippen molar-refractivity contribution in [2.75, 3.05) is 0 Å². The van der Waals surface area contributed by atoms with Crippen LogP contribution < -0.4 is 0 Å². The maximum absolute atomic E-state index is 11.0. The monoisotopic (exact) mass is 354 g/mol. The quantitative estimate of drug-likeness (QED) is 0.152. The van der Waals surface area contributed by atoms with Crippen LogP contribution in [0.4, 0.5) is 4.79 Å². The van der Waals surface area contributed by atoms with Crippen molar-refractivity contribution in [1.82, 2.24) is 0 Å². The van der Waals surface area contributed by atoms with Gasteiger partial charge in [-0.25, -0.2) is 4.79 Å². The minimum atomic E-state index is -1.50. The Kier molecular flexibility index (Phi) is 22.4. The predicted octanol–water partition coefficient (Wildman–Crippen LogP) is 6.31. The number of carbonyl (C=O) groups excluding carboxylic acids is 1. The van der Waals surface area contributed by atoms with E-state index in [-0.39, 0.29) is 32.3 Å². The molecule has 0 aliphatic carbocycles. The normalized spacial score (nSPS) is 10.2. The van der Waals surface area contributed by atoms with Crippen LogP contribution in [-0.2, 0) is 9.53 Å². The molecule has 0 aliphatic heterocycles. The van der Waals surface area contributed by atoms with Gasteiger partial charge < -0.3 is 12.7 Å². The SMILES string of the molecule is CCCCCCCCCCCCCCCCCC(=O)OC(=O)O.[H-].[H-].[Mg+2]. The van der Waals surface area contributed by atoms with Crippen molar-refractivity contribution in [2.24, 2.45) is 0 Å². The zero-order chi connectivity index (χ0) is 17.2. The summed E-state index contributed by atoms with van der Waals surface area (Å²) in [5.74, 6) is -0.632. The molecule has 0 aromatic rings. The largest absolute Gasteiger partial charge is 2.00 e. The van der Waals surface area contributed by atoms with E-state index in [4.69, 9.17) is 5.11 Å². The maximum atomic E-state index is 11.0. The van der Waals surface area contributed by atoms with Crippen molar-refractivity contribution in [3.05, 3.63) is 0 Å². The molecular weight excluding hydrogens is 317 g/mol. The van der Waals surface area contributed by atoms with Crippen molar-refractivity contribution in [3.8, 4) is 0 Å². The average Bonchev–Trinajstić information content (AvgIpc) is 2.50. The topological polar surface area (TPSA) is 63.6 Å². The van der Waals surface area contributed by atoms with Crippen LogP contribution in [-0.4, -0.2) is 40.3 Å². The fourth-order valence-electron chi connectivity index (χ4n) is 2.79. The van der Waals surface area contributed by atoms with Crippen LogP contribution >= 0.6 is 0 Å². The third kappa shape index (κ3) is 21.7. The van der Waals surface area contributed by atoms with E-state index >= 15 is 0 Å². The van der Waals surface area contributed by atoms with Crippen LogP contribution in [0.5, 0.6) is 0 Å². The third-order valence-electron chi connectivity index (χ3n) is 4.19. The smallest absolute Gasteiger partial charge is 1.00 e. The first-order chi connectivity index (χ1) is 11.2. The fraction of sp³-hybridized carbons (Fsp3) is 0.895. The van der Waals surface area contributed by atoms with Gasteiger partial charge in [0.2, 0.25) is 0 Å².